The first kappa shape index (κ1) is 18.2. The van der Waals surface area contributed by atoms with Gasteiger partial charge in [0, 0.05) is 10.9 Å². The molecule has 2 aromatic carbocycles. The Hall–Kier alpha value is -2.60. The second kappa shape index (κ2) is 7.33. The van der Waals surface area contributed by atoms with Crippen molar-refractivity contribution < 1.29 is 19.1 Å². The lowest BCUT2D eigenvalue weighted by Gasteiger charge is -2.11. The number of amides is 1. The third-order valence-corrected chi connectivity index (χ3v) is 5.28. The lowest BCUT2D eigenvalue weighted by molar-refractivity contribution is -0.119. The highest BCUT2D eigenvalue weighted by molar-refractivity contribution is 7.99. The van der Waals surface area contributed by atoms with Crippen LogP contribution in [0.15, 0.2) is 45.7 Å². The van der Waals surface area contributed by atoms with E-state index < -0.39 is 0 Å². The van der Waals surface area contributed by atoms with Gasteiger partial charge in [0.15, 0.2) is 11.5 Å². The maximum absolute atomic E-state index is 11.7. The van der Waals surface area contributed by atoms with Gasteiger partial charge in [0.05, 0.1) is 17.9 Å². The minimum Gasteiger partial charge on any atom is -0.504 e. The predicted octanol–water partition coefficient (Wildman–Crippen LogP) is 4.51. The van der Waals surface area contributed by atoms with Crippen LogP contribution >= 0.6 is 11.8 Å². The number of primary amides is 1. The molecular weight excluding hydrogens is 350 g/mol. The molecule has 5 nitrogen and oxygen atoms in total. The number of fused-ring (bicyclic) bond motifs is 1. The Morgan fingerprint density at radius 2 is 2.08 bits per heavy atom. The normalized spacial score (nSPS) is 12.3. The van der Waals surface area contributed by atoms with Gasteiger partial charge in [-0.1, -0.05) is 13.0 Å². The van der Waals surface area contributed by atoms with E-state index in [0.29, 0.717) is 17.9 Å². The monoisotopic (exact) mass is 371 g/mol. The molecule has 3 aromatic rings. The Morgan fingerprint density at radius 1 is 1.31 bits per heavy atom. The largest absolute Gasteiger partial charge is 0.504 e. The summed E-state index contributed by atoms with van der Waals surface area (Å²) in [7, 11) is 1.51. The maximum Gasteiger partial charge on any atom is 0.224 e. The Labute approximate surface area is 156 Å². The van der Waals surface area contributed by atoms with Crippen LogP contribution in [0.25, 0.3) is 22.3 Å². The number of ether oxygens (including phenoxy) is 1. The average molecular weight is 371 g/mol. The number of phenolic OH excluding ortho intramolecular Hbond substituents is 1. The van der Waals surface area contributed by atoms with Crippen molar-refractivity contribution in [2.75, 3.05) is 13.4 Å². The van der Waals surface area contributed by atoms with Gasteiger partial charge in [-0.3, -0.25) is 4.79 Å². The number of nitrogens with two attached hydrogens (primary N) is 1. The number of phenols is 1. The molecule has 1 amide bonds. The number of carbonyl (C=O) groups is 1. The zero-order valence-electron chi connectivity index (χ0n) is 14.9. The van der Waals surface area contributed by atoms with Crippen LogP contribution in [0.4, 0.5) is 0 Å². The summed E-state index contributed by atoms with van der Waals surface area (Å²) in [4.78, 5) is 12.7. The minimum atomic E-state index is -0.329. The quantitative estimate of drug-likeness (QED) is 0.623. The minimum absolute atomic E-state index is 0.0765. The number of hydrogen-bond donors (Lipinski definition) is 2. The van der Waals surface area contributed by atoms with Crippen molar-refractivity contribution in [2.45, 2.75) is 24.2 Å². The number of benzene rings is 2. The Kier molecular flexibility index (Phi) is 5.13. The summed E-state index contributed by atoms with van der Waals surface area (Å²) in [6.07, 6.45) is 2.62. The number of thioether (sulfide) groups is 1. The second-order valence-electron chi connectivity index (χ2n) is 5.97. The van der Waals surface area contributed by atoms with Gasteiger partial charge in [-0.05, 0) is 48.6 Å². The van der Waals surface area contributed by atoms with Crippen molar-refractivity contribution in [3.05, 3.63) is 42.0 Å². The van der Waals surface area contributed by atoms with Gasteiger partial charge in [-0.25, -0.2) is 0 Å². The van der Waals surface area contributed by atoms with Gasteiger partial charge in [-0.2, -0.15) is 0 Å². The third-order valence-electron chi connectivity index (χ3n) is 4.47. The van der Waals surface area contributed by atoms with Gasteiger partial charge >= 0.3 is 0 Å². The van der Waals surface area contributed by atoms with Crippen LogP contribution in [0.3, 0.4) is 0 Å². The molecule has 136 valence electrons. The van der Waals surface area contributed by atoms with Crippen LogP contribution < -0.4 is 10.5 Å². The molecule has 0 aliphatic heterocycles. The smallest absolute Gasteiger partial charge is 0.224 e. The van der Waals surface area contributed by atoms with E-state index in [1.807, 2.05) is 31.4 Å². The molecule has 0 aliphatic rings. The fourth-order valence-electron chi connectivity index (χ4n) is 3.12. The number of furan rings is 1. The molecule has 26 heavy (non-hydrogen) atoms. The summed E-state index contributed by atoms with van der Waals surface area (Å²) < 4.78 is 11.3. The molecule has 0 fully saturated rings. The lowest BCUT2D eigenvalue weighted by Crippen LogP contribution is -2.20. The summed E-state index contributed by atoms with van der Waals surface area (Å²) in [5, 5.41) is 10.8. The van der Waals surface area contributed by atoms with Crippen molar-refractivity contribution in [3.63, 3.8) is 0 Å². The first-order valence-corrected chi connectivity index (χ1v) is 9.49. The zero-order valence-corrected chi connectivity index (χ0v) is 15.7. The summed E-state index contributed by atoms with van der Waals surface area (Å²) in [5.74, 6) is 0.518. The van der Waals surface area contributed by atoms with E-state index in [-0.39, 0.29) is 17.6 Å². The van der Waals surface area contributed by atoms with E-state index in [1.165, 1.54) is 7.11 Å². The molecule has 3 N–H and O–H groups in total. The standard InChI is InChI=1S/C20H21NO4S/c1-4-13(20(21)23)11-6-8-16-14(9-11)19(26-3)18(25-16)12-5-7-15(22)17(10-12)24-2/h5-10,13,22H,4H2,1-3H3,(H2,21,23). The first-order chi connectivity index (χ1) is 12.5. The molecule has 1 aromatic heterocycles. The van der Waals surface area contributed by atoms with Crippen LogP contribution in [0.5, 0.6) is 11.5 Å². The molecule has 0 radical (unpaired) electrons. The molecule has 0 saturated carbocycles. The van der Waals surface area contributed by atoms with Gasteiger partial charge in [0.2, 0.25) is 5.91 Å². The molecule has 0 spiro atoms. The average Bonchev–Trinajstić information content (AvgIpc) is 3.00. The lowest BCUT2D eigenvalue weighted by atomic mass is 9.95. The van der Waals surface area contributed by atoms with Gasteiger partial charge in [-0.15, -0.1) is 11.8 Å². The van der Waals surface area contributed by atoms with E-state index in [2.05, 4.69) is 0 Å². The molecule has 1 atom stereocenters. The molecule has 6 heteroatoms. The van der Waals surface area contributed by atoms with E-state index in [1.54, 1.807) is 30.0 Å². The second-order valence-corrected chi connectivity index (χ2v) is 6.79. The van der Waals surface area contributed by atoms with Crippen LogP contribution in [0.2, 0.25) is 0 Å². The molecular formula is C20H21NO4S. The Bertz CT molecular complexity index is 964. The van der Waals surface area contributed by atoms with E-state index >= 15 is 0 Å². The fourth-order valence-corrected chi connectivity index (χ4v) is 3.85. The van der Waals surface area contributed by atoms with Gasteiger partial charge in [0.1, 0.15) is 11.3 Å². The van der Waals surface area contributed by atoms with Crippen LogP contribution in [0.1, 0.15) is 24.8 Å². The fraction of sp³-hybridized carbons (Fsp3) is 0.250. The van der Waals surface area contributed by atoms with E-state index in [0.717, 1.165) is 27.0 Å². The van der Waals surface area contributed by atoms with Crippen molar-refractivity contribution in [1.82, 2.24) is 0 Å². The van der Waals surface area contributed by atoms with Gasteiger partial charge < -0.3 is 20.0 Å². The van der Waals surface area contributed by atoms with E-state index in [4.69, 9.17) is 14.9 Å². The molecule has 0 saturated heterocycles. The molecule has 0 aliphatic carbocycles. The summed E-state index contributed by atoms with van der Waals surface area (Å²) in [5.41, 5.74) is 7.96. The third kappa shape index (κ3) is 3.12. The van der Waals surface area contributed by atoms with E-state index in [9.17, 15) is 9.90 Å². The van der Waals surface area contributed by atoms with Crippen LogP contribution in [-0.2, 0) is 4.79 Å². The first-order valence-electron chi connectivity index (χ1n) is 8.27. The molecule has 1 unspecified atom stereocenters. The Morgan fingerprint density at radius 3 is 2.69 bits per heavy atom. The number of methoxy groups -OCH3 is 1. The molecule has 1 heterocycles. The summed E-state index contributed by atoms with van der Waals surface area (Å²) in [6, 6.07) is 10.8. The highest BCUT2D eigenvalue weighted by Crippen LogP contribution is 2.42. The number of rotatable bonds is 6. The molecule has 0 bridgehead atoms. The number of hydrogen-bond acceptors (Lipinski definition) is 5. The SMILES string of the molecule is CCC(C(N)=O)c1ccc2oc(-c3ccc(O)c(OC)c3)c(SC)c2c1. The van der Waals surface area contributed by atoms with Crippen molar-refractivity contribution in [2.24, 2.45) is 5.73 Å². The number of aromatic hydroxyl groups is 1. The summed E-state index contributed by atoms with van der Waals surface area (Å²) >= 11 is 1.57. The predicted molar refractivity (Wildman–Crippen MR) is 104 cm³/mol. The summed E-state index contributed by atoms with van der Waals surface area (Å²) in [6.45, 7) is 1.94. The van der Waals surface area contributed by atoms with Crippen molar-refractivity contribution >= 4 is 28.6 Å². The molecule has 3 rings (SSSR count). The maximum atomic E-state index is 11.7. The topological polar surface area (TPSA) is 85.7 Å². The van der Waals surface area contributed by atoms with Crippen LogP contribution in [0, 0.1) is 0 Å². The number of carbonyl (C=O) groups excluding carboxylic acids is 1. The van der Waals surface area contributed by atoms with Crippen LogP contribution in [-0.4, -0.2) is 24.4 Å². The van der Waals surface area contributed by atoms with Gasteiger partial charge in [0.25, 0.3) is 0 Å². The van der Waals surface area contributed by atoms with Crippen molar-refractivity contribution in [1.29, 1.82) is 0 Å². The van der Waals surface area contributed by atoms with Crippen molar-refractivity contribution in [3.8, 4) is 22.8 Å². The highest BCUT2D eigenvalue weighted by Gasteiger charge is 2.20. The Balaban J connectivity index is 2.17. The highest BCUT2D eigenvalue weighted by atomic mass is 32.2. The zero-order chi connectivity index (χ0) is 18.8.